The summed E-state index contributed by atoms with van der Waals surface area (Å²) in [6.45, 7) is 0. The Balaban J connectivity index is 1.88. The average Bonchev–Trinajstić information content (AvgIpc) is 2.81. The lowest BCUT2D eigenvalue weighted by molar-refractivity contribution is -0.137. The summed E-state index contributed by atoms with van der Waals surface area (Å²) in [6, 6.07) is 12.0. The van der Waals surface area contributed by atoms with Gasteiger partial charge in [0.05, 0.1) is 11.6 Å². The van der Waals surface area contributed by atoms with E-state index in [1.165, 1.54) is 11.1 Å². The molecule has 0 saturated heterocycles. The van der Waals surface area contributed by atoms with Crippen molar-refractivity contribution in [1.29, 1.82) is 0 Å². The van der Waals surface area contributed by atoms with Gasteiger partial charge in [-0.3, -0.25) is 0 Å². The summed E-state index contributed by atoms with van der Waals surface area (Å²) in [4.78, 5) is 0. The molecule has 0 heterocycles. The predicted molar refractivity (Wildman–Crippen MR) is 80.3 cm³/mol. The molecule has 1 aliphatic carbocycles. The first-order chi connectivity index (χ1) is 9.93. The van der Waals surface area contributed by atoms with E-state index < -0.39 is 11.7 Å². The summed E-state index contributed by atoms with van der Waals surface area (Å²) in [5.74, 6) is 0. The highest BCUT2D eigenvalue weighted by Crippen LogP contribution is 2.37. The van der Waals surface area contributed by atoms with E-state index in [1.807, 2.05) is 18.2 Å². The van der Waals surface area contributed by atoms with E-state index in [-0.39, 0.29) is 6.04 Å². The number of anilines is 1. The summed E-state index contributed by atoms with van der Waals surface area (Å²) in [5, 5.41) is 3.22. The third kappa shape index (κ3) is 3.07. The Bertz CT molecular complexity index is 667. The van der Waals surface area contributed by atoms with Gasteiger partial charge in [-0.25, -0.2) is 0 Å². The van der Waals surface area contributed by atoms with Gasteiger partial charge in [-0.2, -0.15) is 13.2 Å². The van der Waals surface area contributed by atoms with E-state index in [4.69, 9.17) is 0 Å². The van der Waals surface area contributed by atoms with E-state index in [0.29, 0.717) is 10.2 Å². The molecule has 1 aliphatic rings. The van der Waals surface area contributed by atoms with Crippen LogP contribution in [0, 0.1) is 0 Å². The number of benzene rings is 2. The molecule has 3 rings (SSSR count). The molecule has 21 heavy (non-hydrogen) atoms. The van der Waals surface area contributed by atoms with Gasteiger partial charge in [0.1, 0.15) is 0 Å². The van der Waals surface area contributed by atoms with Crippen LogP contribution in [0.4, 0.5) is 18.9 Å². The molecular formula is C16H13BrF3N. The number of fused-ring (bicyclic) bond motifs is 1. The first-order valence-electron chi connectivity index (χ1n) is 6.65. The number of hydrogen-bond acceptors (Lipinski definition) is 1. The standard InChI is InChI=1S/C16H13BrF3N/c17-12-7-11(16(18,19)20)8-13(9-12)21-15-6-5-10-3-1-2-4-14(10)15/h1-4,7-9,15,21H,5-6H2. The van der Waals surface area contributed by atoms with E-state index in [0.717, 1.165) is 25.0 Å². The minimum absolute atomic E-state index is 0.0663. The summed E-state index contributed by atoms with van der Waals surface area (Å²) < 4.78 is 39.0. The second-order valence-corrected chi connectivity index (χ2v) is 6.08. The summed E-state index contributed by atoms with van der Waals surface area (Å²) >= 11 is 3.15. The van der Waals surface area contributed by atoms with Crippen molar-refractivity contribution in [2.75, 3.05) is 5.32 Å². The highest BCUT2D eigenvalue weighted by Gasteiger charge is 2.31. The smallest absolute Gasteiger partial charge is 0.378 e. The Hall–Kier alpha value is -1.49. The first-order valence-corrected chi connectivity index (χ1v) is 7.45. The number of halogens is 4. The van der Waals surface area contributed by atoms with Gasteiger partial charge in [0.25, 0.3) is 0 Å². The molecule has 110 valence electrons. The van der Waals surface area contributed by atoms with Crippen LogP contribution in [0.3, 0.4) is 0 Å². The monoisotopic (exact) mass is 355 g/mol. The molecule has 1 nitrogen and oxygen atoms in total. The Kier molecular flexibility index (Phi) is 3.69. The highest BCUT2D eigenvalue weighted by molar-refractivity contribution is 9.10. The molecule has 0 bridgehead atoms. The van der Waals surface area contributed by atoms with Crippen LogP contribution in [-0.2, 0) is 12.6 Å². The minimum atomic E-state index is -4.34. The van der Waals surface area contributed by atoms with Crippen LogP contribution >= 0.6 is 15.9 Å². The van der Waals surface area contributed by atoms with Crippen molar-refractivity contribution < 1.29 is 13.2 Å². The third-order valence-electron chi connectivity index (χ3n) is 3.70. The lowest BCUT2D eigenvalue weighted by Gasteiger charge is -2.17. The normalized spacial score (nSPS) is 17.6. The quantitative estimate of drug-likeness (QED) is 0.742. The highest BCUT2D eigenvalue weighted by atomic mass is 79.9. The summed E-state index contributed by atoms with van der Waals surface area (Å²) in [5.41, 5.74) is 2.27. The maximum atomic E-state index is 12.9. The second-order valence-electron chi connectivity index (χ2n) is 5.16. The van der Waals surface area contributed by atoms with Crippen molar-refractivity contribution in [3.05, 3.63) is 63.6 Å². The van der Waals surface area contributed by atoms with Crippen LogP contribution in [0.25, 0.3) is 0 Å². The number of rotatable bonds is 2. The molecule has 0 aliphatic heterocycles. The summed E-state index contributed by atoms with van der Waals surface area (Å²) in [6.07, 6.45) is -2.49. The third-order valence-corrected chi connectivity index (χ3v) is 4.16. The van der Waals surface area contributed by atoms with E-state index in [2.05, 4.69) is 27.3 Å². The van der Waals surface area contributed by atoms with Gasteiger partial charge in [-0.05, 0) is 42.2 Å². The fraction of sp³-hybridized carbons (Fsp3) is 0.250. The average molecular weight is 356 g/mol. The molecule has 2 aromatic carbocycles. The van der Waals surface area contributed by atoms with Gasteiger partial charge in [0.2, 0.25) is 0 Å². The Morgan fingerprint density at radius 2 is 1.86 bits per heavy atom. The number of aryl methyl sites for hydroxylation is 1. The molecule has 0 radical (unpaired) electrons. The molecule has 2 aromatic rings. The predicted octanol–water partition coefficient (Wildman–Crippen LogP) is 5.57. The van der Waals surface area contributed by atoms with E-state index >= 15 is 0 Å². The maximum Gasteiger partial charge on any atom is 0.416 e. The fourth-order valence-corrected chi connectivity index (χ4v) is 3.24. The molecule has 0 fully saturated rings. The zero-order valence-electron chi connectivity index (χ0n) is 11.0. The first kappa shape index (κ1) is 14.4. The zero-order chi connectivity index (χ0) is 15.0. The molecule has 0 amide bonds. The SMILES string of the molecule is FC(F)(F)c1cc(Br)cc(NC2CCc3ccccc32)c1. The van der Waals surface area contributed by atoms with Gasteiger partial charge in [-0.15, -0.1) is 0 Å². The number of hydrogen-bond donors (Lipinski definition) is 1. The van der Waals surface area contributed by atoms with Crippen molar-refractivity contribution >= 4 is 21.6 Å². The molecule has 1 unspecified atom stereocenters. The van der Waals surface area contributed by atoms with Gasteiger partial charge in [0.15, 0.2) is 0 Å². The molecule has 0 saturated carbocycles. The van der Waals surface area contributed by atoms with Gasteiger partial charge in [-0.1, -0.05) is 40.2 Å². The zero-order valence-corrected chi connectivity index (χ0v) is 12.6. The molecule has 5 heteroatoms. The molecule has 1 atom stereocenters. The van der Waals surface area contributed by atoms with Crippen molar-refractivity contribution in [2.24, 2.45) is 0 Å². The van der Waals surface area contributed by atoms with Gasteiger partial charge in [0, 0.05) is 10.2 Å². The number of nitrogens with one attached hydrogen (secondary N) is 1. The largest absolute Gasteiger partial charge is 0.416 e. The summed E-state index contributed by atoms with van der Waals surface area (Å²) in [7, 11) is 0. The van der Waals surface area contributed by atoms with E-state index in [9.17, 15) is 13.2 Å². The second kappa shape index (κ2) is 5.37. The van der Waals surface area contributed by atoms with Crippen LogP contribution < -0.4 is 5.32 Å². The van der Waals surface area contributed by atoms with Crippen LogP contribution in [0.1, 0.15) is 29.2 Å². The molecular weight excluding hydrogens is 343 g/mol. The lowest BCUT2D eigenvalue weighted by Crippen LogP contribution is -2.10. The maximum absolute atomic E-state index is 12.9. The van der Waals surface area contributed by atoms with Gasteiger partial charge < -0.3 is 5.32 Å². The minimum Gasteiger partial charge on any atom is -0.378 e. The van der Waals surface area contributed by atoms with Crippen LogP contribution in [-0.4, -0.2) is 0 Å². The molecule has 0 spiro atoms. The Morgan fingerprint density at radius 1 is 1.10 bits per heavy atom. The van der Waals surface area contributed by atoms with Crippen LogP contribution in [0.5, 0.6) is 0 Å². The molecule has 0 aromatic heterocycles. The fourth-order valence-electron chi connectivity index (χ4n) is 2.74. The molecule has 1 N–H and O–H groups in total. The number of alkyl halides is 3. The topological polar surface area (TPSA) is 12.0 Å². The lowest BCUT2D eigenvalue weighted by atomic mass is 10.1. The van der Waals surface area contributed by atoms with Crippen molar-refractivity contribution in [3.63, 3.8) is 0 Å². The van der Waals surface area contributed by atoms with Crippen LogP contribution in [0.15, 0.2) is 46.9 Å². The Labute approximate surface area is 129 Å². The van der Waals surface area contributed by atoms with Crippen molar-refractivity contribution in [2.45, 2.75) is 25.1 Å². The van der Waals surface area contributed by atoms with Gasteiger partial charge >= 0.3 is 6.18 Å². The van der Waals surface area contributed by atoms with E-state index in [1.54, 1.807) is 6.07 Å². The Morgan fingerprint density at radius 3 is 2.62 bits per heavy atom. The van der Waals surface area contributed by atoms with Crippen molar-refractivity contribution in [1.82, 2.24) is 0 Å². The van der Waals surface area contributed by atoms with Crippen LogP contribution in [0.2, 0.25) is 0 Å². The van der Waals surface area contributed by atoms with Crippen molar-refractivity contribution in [3.8, 4) is 0 Å².